The highest BCUT2D eigenvalue weighted by Crippen LogP contribution is 2.54. The number of allylic oxidation sites excluding steroid dienone is 1. The molecule has 0 bridgehead atoms. The van der Waals surface area contributed by atoms with Crippen molar-refractivity contribution in [1.29, 1.82) is 5.26 Å². The lowest BCUT2D eigenvalue weighted by Crippen LogP contribution is -2.47. The third-order valence-corrected chi connectivity index (χ3v) is 5.25. The van der Waals surface area contributed by atoms with Crippen LogP contribution < -0.4 is 0 Å². The molecule has 86 valence electrons. The Morgan fingerprint density at radius 2 is 2.44 bits per heavy atom. The quantitative estimate of drug-likeness (QED) is 0.647. The summed E-state index contributed by atoms with van der Waals surface area (Å²) in [5, 5.41) is 10.4. The summed E-state index contributed by atoms with van der Waals surface area (Å²) in [6.45, 7) is 4.20. The Balaban J connectivity index is 2.00. The first-order chi connectivity index (χ1) is 7.74. The van der Waals surface area contributed by atoms with Crippen molar-refractivity contribution in [2.24, 2.45) is 0 Å². The maximum atomic E-state index is 9.17. The summed E-state index contributed by atoms with van der Waals surface area (Å²) in [4.78, 5) is 2.33. The predicted molar refractivity (Wildman–Crippen MR) is 63.5 cm³/mol. The molecule has 0 aromatic rings. The van der Waals surface area contributed by atoms with Crippen LogP contribution in [0.4, 0.5) is 0 Å². The largest absolute Gasteiger partial charge is 0.357 e. The molecule has 3 aliphatic heterocycles. The van der Waals surface area contributed by atoms with E-state index in [2.05, 4.69) is 17.9 Å². The van der Waals surface area contributed by atoms with E-state index in [0.717, 1.165) is 38.0 Å². The fourth-order valence-corrected chi connectivity index (χ4v) is 4.47. The van der Waals surface area contributed by atoms with Gasteiger partial charge < -0.3 is 9.64 Å². The number of thioether (sulfide) groups is 1. The van der Waals surface area contributed by atoms with Crippen LogP contribution >= 0.6 is 11.8 Å². The van der Waals surface area contributed by atoms with Crippen LogP contribution in [0.3, 0.4) is 0 Å². The lowest BCUT2D eigenvalue weighted by Gasteiger charge is -2.38. The SMILES string of the molecule is C[C@]12CCCO[C@H]1N1CCCC(C#N)=C1S2. The third kappa shape index (κ3) is 1.38. The highest BCUT2D eigenvalue weighted by atomic mass is 32.2. The summed E-state index contributed by atoms with van der Waals surface area (Å²) in [6, 6.07) is 2.36. The summed E-state index contributed by atoms with van der Waals surface area (Å²) in [6.07, 6.45) is 4.57. The molecule has 0 N–H and O–H groups in total. The molecule has 4 heteroatoms. The lowest BCUT2D eigenvalue weighted by molar-refractivity contribution is -0.0801. The van der Waals surface area contributed by atoms with Crippen LogP contribution in [0, 0.1) is 11.3 Å². The summed E-state index contributed by atoms with van der Waals surface area (Å²) in [5.41, 5.74) is 0.968. The fraction of sp³-hybridized carbons (Fsp3) is 0.750. The second-order valence-electron chi connectivity index (χ2n) is 4.93. The van der Waals surface area contributed by atoms with E-state index >= 15 is 0 Å². The van der Waals surface area contributed by atoms with E-state index in [-0.39, 0.29) is 11.0 Å². The van der Waals surface area contributed by atoms with Crippen molar-refractivity contribution in [2.75, 3.05) is 13.2 Å². The number of nitriles is 1. The Bertz CT molecular complexity index is 387. The molecule has 16 heavy (non-hydrogen) atoms. The molecule has 0 amide bonds. The minimum absolute atomic E-state index is 0.167. The molecule has 0 aliphatic carbocycles. The van der Waals surface area contributed by atoms with Crippen molar-refractivity contribution in [2.45, 2.75) is 43.6 Å². The summed E-state index contributed by atoms with van der Waals surface area (Å²) < 4.78 is 6.10. The van der Waals surface area contributed by atoms with Gasteiger partial charge in [-0.15, -0.1) is 0 Å². The van der Waals surface area contributed by atoms with E-state index in [1.165, 1.54) is 11.4 Å². The Kier molecular flexibility index (Phi) is 2.41. The smallest absolute Gasteiger partial charge is 0.145 e. The molecule has 0 saturated carbocycles. The number of hydrogen-bond donors (Lipinski definition) is 0. The third-order valence-electron chi connectivity index (χ3n) is 3.71. The number of fused-ring (bicyclic) bond motifs is 3. The lowest BCUT2D eigenvalue weighted by atomic mass is 9.98. The highest BCUT2D eigenvalue weighted by molar-refractivity contribution is 8.04. The van der Waals surface area contributed by atoms with E-state index in [9.17, 15) is 0 Å². The van der Waals surface area contributed by atoms with Crippen molar-refractivity contribution >= 4 is 11.8 Å². The zero-order valence-corrected chi connectivity index (χ0v) is 10.3. The normalized spacial score (nSPS) is 38.0. The van der Waals surface area contributed by atoms with Crippen LogP contribution in [-0.4, -0.2) is 29.0 Å². The fourth-order valence-electron chi connectivity index (χ4n) is 2.92. The molecular weight excluding hydrogens is 220 g/mol. The highest BCUT2D eigenvalue weighted by Gasteiger charge is 2.51. The molecule has 3 rings (SSSR count). The standard InChI is InChI=1S/C12H16N2OS/c1-12-5-3-7-15-11(12)14-6-2-4-9(8-13)10(14)16-12/h11H,2-7H2,1H3/t11-,12+/m1/s1. The van der Waals surface area contributed by atoms with Crippen molar-refractivity contribution in [1.82, 2.24) is 4.90 Å². The Morgan fingerprint density at radius 1 is 1.56 bits per heavy atom. The Hall–Kier alpha value is -0.660. The monoisotopic (exact) mass is 236 g/mol. The first-order valence-electron chi connectivity index (χ1n) is 5.95. The van der Waals surface area contributed by atoms with Gasteiger partial charge in [0.25, 0.3) is 0 Å². The molecule has 2 saturated heterocycles. The van der Waals surface area contributed by atoms with Gasteiger partial charge in [-0.1, -0.05) is 11.8 Å². The maximum Gasteiger partial charge on any atom is 0.145 e. The minimum atomic E-state index is 0.167. The summed E-state index contributed by atoms with van der Waals surface area (Å²) in [7, 11) is 0. The van der Waals surface area contributed by atoms with Crippen LogP contribution in [0.5, 0.6) is 0 Å². The van der Waals surface area contributed by atoms with Gasteiger partial charge in [0.2, 0.25) is 0 Å². The van der Waals surface area contributed by atoms with Crippen LogP contribution in [0.1, 0.15) is 32.6 Å². The average Bonchev–Trinajstić information content (AvgIpc) is 2.60. The van der Waals surface area contributed by atoms with Gasteiger partial charge >= 0.3 is 0 Å². The zero-order valence-electron chi connectivity index (χ0n) is 9.53. The number of ether oxygens (including phenoxy) is 1. The molecule has 2 atom stereocenters. The van der Waals surface area contributed by atoms with Crippen molar-refractivity contribution in [3.63, 3.8) is 0 Å². The van der Waals surface area contributed by atoms with Gasteiger partial charge in [0.15, 0.2) is 0 Å². The van der Waals surface area contributed by atoms with Gasteiger partial charge in [0.05, 0.1) is 21.4 Å². The molecule has 3 nitrogen and oxygen atoms in total. The van der Waals surface area contributed by atoms with Gasteiger partial charge in [-0.3, -0.25) is 0 Å². The predicted octanol–water partition coefficient (Wildman–Crippen LogP) is 2.46. The van der Waals surface area contributed by atoms with Crippen molar-refractivity contribution < 1.29 is 4.74 Å². The van der Waals surface area contributed by atoms with Gasteiger partial charge in [0, 0.05) is 13.2 Å². The first-order valence-corrected chi connectivity index (χ1v) is 6.77. The molecule has 0 aromatic carbocycles. The van der Waals surface area contributed by atoms with E-state index in [1.807, 2.05) is 11.8 Å². The van der Waals surface area contributed by atoms with E-state index in [4.69, 9.17) is 10.00 Å². The average molecular weight is 236 g/mol. The van der Waals surface area contributed by atoms with E-state index < -0.39 is 0 Å². The topological polar surface area (TPSA) is 36.3 Å². The van der Waals surface area contributed by atoms with Gasteiger partial charge in [-0.05, 0) is 32.6 Å². The Labute approximate surface area is 100 Å². The number of nitrogens with zero attached hydrogens (tertiary/aromatic N) is 2. The number of hydrogen-bond acceptors (Lipinski definition) is 4. The van der Waals surface area contributed by atoms with Crippen LogP contribution in [0.15, 0.2) is 10.6 Å². The molecule has 3 aliphatic rings. The molecule has 0 radical (unpaired) electrons. The maximum absolute atomic E-state index is 9.17. The number of rotatable bonds is 0. The van der Waals surface area contributed by atoms with E-state index in [0.29, 0.717) is 0 Å². The van der Waals surface area contributed by atoms with Gasteiger partial charge in [-0.25, -0.2) is 0 Å². The summed E-state index contributed by atoms with van der Waals surface area (Å²) in [5.74, 6) is 0. The van der Waals surface area contributed by atoms with E-state index in [1.54, 1.807) is 0 Å². The molecule has 0 aromatic heterocycles. The van der Waals surface area contributed by atoms with Crippen LogP contribution in [0.25, 0.3) is 0 Å². The van der Waals surface area contributed by atoms with Crippen LogP contribution in [-0.2, 0) is 4.74 Å². The van der Waals surface area contributed by atoms with Crippen molar-refractivity contribution in [3.05, 3.63) is 10.6 Å². The minimum Gasteiger partial charge on any atom is -0.357 e. The van der Waals surface area contributed by atoms with Crippen molar-refractivity contribution in [3.8, 4) is 6.07 Å². The Morgan fingerprint density at radius 3 is 3.25 bits per heavy atom. The molecule has 0 spiro atoms. The first kappa shape index (κ1) is 10.5. The summed E-state index contributed by atoms with van der Waals surface area (Å²) >= 11 is 1.87. The molecular formula is C12H16N2OS. The van der Waals surface area contributed by atoms with Gasteiger partial charge in [0.1, 0.15) is 6.23 Å². The zero-order chi connectivity index (χ0) is 11.2. The second kappa shape index (κ2) is 3.68. The molecule has 0 unspecified atom stereocenters. The van der Waals surface area contributed by atoms with Crippen LogP contribution in [0.2, 0.25) is 0 Å². The van der Waals surface area contributed by atoms with Gasteiger partial charge in [-0.2, -0.15) is 5.26 Å². The second-order valence-corrected chi connectivity index (χ2v) is 6.46. The molecule has 2 fully saturated rings. The molecule has 3 heterocycles.